The van der Waals surface area contributed by atoms with Gasteiger partial charge in [-0.2, -0.15) is 4.98 Å². The van der Waals surface area contributed by atoms with Crippen molar-refractivity contribution in [3.8, 4) is 22.7 Å². The number of aryl methyl sites for hydroxylation is 1. The summed E-state index contributed by atoms with van der Waals surface area (Å²) < 4.78 is 64.0. The number of fused-ring (bicyclic) bond motifs is 1. The van der Waals surface area contributed by atoms with Crippen molar-refractivity contribution in [1.29, 1.82) is 0 Å². The number of pyridine rings is 1. The minimum atomic E-state index is -3.91. The number of anilines is 1. The first-order chi connectivity index (χ1) is 22.1. The summed E-state index contributed by atoms with van der Waals surface area (Å²) in [7, 11) is -3.91. The molecule has 1 fully saturated rings. The molecule has 2 aromatic carbocycles. The number of amides is 1. The predicted octanol–water partition coefficient (Wildman–Crippen LogP) is 4.22. The molecule has 0 saturated carbocycles. The van der Waals surface area contributed by atoms with Crippen LogP contribution in [-0.2, 0) is 19.4 Å². The molecule has 0 aliphatic carbocycles. The Morgan fingerprint density at radius 2 is 1.79 bits per heavy atom. The van der Waals surface area contributed by atoms with E-state index in [0.717, 1.165) is 23.0 Å². The fourth-order valence-corrected chi connectivity index (χ4v) is 6.50. The van der Waals surface area contributed by atoms with Gasteiger partial charge >= 0.3 is 11.7 Å². The SMILES string of the molecule is C=CC(=O)N1CCN(c2nc(=O)n(-c3c(C)cccc3S(C)(=O)=O)c3nc(-c4c(F)cccc4OC(=O)C(C)C)c(F)cc23)[C@@H](C)C1. The van der Waals surface area contributed by atoms with Crippen molar-refractivity contribution >= 4 is 38.6 Å². The third-order valence-electron chi connectivity index (χ3n) is 7.91. The van der Waals surface area contributed by atoms with E-state index in [4.69, 9.17) is 4.74 Å². The highest BCUT2D eigenvalue weighted by atomic mass is 32.2. The third-order valence-corrected chi connectivity index (χ3v) is 9.03. The second-order valence-corrected chi connectivity index (χ2v) is 13.6. The number of para-hydroxylation sites is 1. The van der Waals surface area contributed by atoms with E-state index < -0.39 is 50.3 Å². The van der Waals surface area contributed by atoms with E-state index in [-0.39, 0.29) is 64.8 Å². The van der Waals surface area contributed by atoms with Crippen LogP contribution in [0.15, 0.2) is 64.8 Å². The number of nitrogens with zero attached hydrogens (tertiary/aromatic N) is 5. The van der Waals surface area contributed by atoms with Gasteiger partial charge < -0.3 is 14.5 Å². The zero-order valence-electron chi connectivity index (χ0n) is 26.5. The average Bonchev–Trinajstić information content (AvgIpc) is 3.00. The van der Waals surface area contributed by atoms with Crippen LogP contribution >= 0.6 is 0 Å². The number of esters is 1. The maximum absolute atomic E-state index is 16.2. The van der Waals surface area contributed by atoms with Gasteiger partial charge in [-0.15, -0.1) is 0 Å². The summed E-state index contributed by atoms with van der Waals surface area (Å²) in [4.78, 5) is 50.7. The van der Waals surface area contributed by atoms with Gasteiger partial charge in [0.05, 0.1) is 27.5 Å². The van der Waals surface area contributed by atoms with Crippen molar-refractivity contribution < 1.29 is 31.5 Å². The van der Waals surface area contributed by atoms with Crippen molar-refractivity contribution in [2.75, 3.05) is 30.8 Å². The molecule has 3 heterocycles. The number of carbonyl (C=O) groups excluding carboxylic acids is 2. The number of piperazine rings is 1. The van der Waals surface area contributed by atoms with Crippen LogP contribution in [0.1, 0.15) is 26.3 Å². The highest BCUT2D eigenvalue weighted by molar-refractivity contribution is 7.90. The minimum absolute atomic E-state index is 0.0287. The molecule has 1 aliphatic rings. The average molecular weight is 666 g/mol. The Kier molecular flexibility index (Phi) is 9.00. The largest absolute Gasteiger partial charge is 0.425 e. The Morgan fingerprint density at radius 1 is 1.09 bits per heavy atom. The molecular formula is C33H33F2N5O6S. The van der Waals surface area contributed by atoms with Gasteiger partial charge in [-0.3, -0.25) is 9.59 Å². The summed E-state index contributed by atoms with van der Waals surface area (Å²) in [5.74, 6) is -3.75. The maximum atomic E-state index is 16.2. The van der Waals surface area contributed by atoms with Crippen molar-refractivity contribution in [2.24, 2.45) is 5.92 Å². The first-order valence-corrected chi connectivity index (χ1v) is 16.6. The molecule has 14 heteroatoms. The van der Waals surface area contributed by atoms with Crippen molar-refractivity contribution in [3.63, 3.8) is 0 Å². The Labute approximate surface area is 270 Å². The summed E-state index contributed by atoms with van der Waals surface area (Å²) in [5.41, 5.74) is -1.84. The van der Waals surface area contributed by atoms with Crippen LogP contribution in [-0.4, -0.2) is 71.7 Å². The number of hydrogen-bond donors (Lipinski definition) is 0. The van der Waals surface area contributed by atoms with E-state index in [1.807, 2.05) is 0 Å². The molecule has 11 nitrogen and oxygen atoms in total. The van der Waals surface area contributed by atoms with Gasteiger partial charge in [0, 0.05) is 31.9 Å². The van der Waals surface area contributed by atoms with Gasteiger partial charge in [0.25, 0.3) is 0 Å². The van der Waals surface area contributed by atoms with Gasteiger partial charge in [-0.25, -0.2) is 31.5 Å². The molecule has 0 radical (unpaired) electrons. The summed E-state index contributed by atoms with van der Waals surface area (Å²) in [6, 6.07) is 8.73. The zero-order valence-corrected chi connectivity index (χ0v) is 27.3. The van der Waals surface area contributed by atoms with Crippen LogP contribution in [0.25, 0.3) is 28.0 Å². The quantitative estimate of drug-likeness (QED) is 0.162. The third kappa shape index (κ3) is 6.24. The number of sulfone groups is 1. The molecule has 1 atom stereocenters. The predicted molar refractivity (Wildman–Crippen MR) is 172 cm³/mol. The summed E-state index contributed by atoms with van der Waals surface area (Å²) in [6.07, 6.45) is 2.19. The fraction of sp³-hybridized carbons (Fsp3) is 0.303. The summed E-state index contributed by atoms with van der Waals surface area (Å²) in [6.45, 7) is 10.8. The topological polar surface area (TPSA) is 132 Å². The van der Waals surface area contributed by atoms with Crippen LogP contribution in [0.2, 0.25) is 0 Å². The summed E-state index contributed by atoms with van der Waals surface area (Å²) in [5, 5.41) is 0.0287. The molecule has 5 rings (SSSR count). The lowest BCUT2D eigenvalue weighted by Gasteiger charge is -2.40. The molecule has 0 spiro atoms. The van der Waals surface area contributed by atoms with E-state index >= 15 is 8.78 Å². The maximum Gasteiger partial charge on any atom is 0.355 e. The Morgan fingerprint density at radius 3 is 2.43 bits per heavy atom. The highest BCUT2D eigenvalue weighted by Crippen LogP contribution is 2.37. The first-order valence-electron chi connectivity index (χ1n) is 14.8. The lowest BCUT2D eigenvalue weighted by Crippen LogP contribution is -2.54. The molecule has 47 heavy (non-hydrogen) atoms. The van der Waals surface area contributed by atoms with Gasteiger partial charge in [0.1, 0.15) is 23.1 Å². The van der Waals surface area contributed by atoms with E-state index in [1.165, 1.54) is 30.3 Å². The molecule has 0 unspecified atom stereocenters. The van der Waals surface area contributed by atoms with Crippen LogP contribution in [0.5, 0.6) is 5.75 Å². The van der Waals surface area contributed by atoms with Crippen LogP contribution in [0.4, 0.5) is 14.6 Å². The van der Waals surface area contributed by atoms with Crippen molar-refractivity contribution in [2.45, 2.75) is 38.6 Å². The second-order valence-electron chi connectivity index (χ2n) is 11.7. The van der Waals surface area contributed by atoms with Gasteiger partial charge in [-0.05, 0) is 49.8 Å². The lowest BCUT2D eigenvalue weighted by atomic mass is 10.1. The van der Waals surface area contributed by atoms with Crippen molar-refractivity contribution in [1.82, 2.24) is 19.4 Å². The second kappa shape index (κ2) is 12.7. The molecular weight excluding hydrogens is 632 g/mol. The standard InChI is InChI=1S/C33H33F2N5O6S/c1-7-26(41)38-14-15-39(20(5)17-38)30-21-16-23(35)28(27-22(34)11-9-12-24(27)46-32(42)18(2)3)36-31(21)40(33(43)37-30)29-19(4)10-8-13-25(29)47(6,44)45/h7-13,16,18,20H,1,14-15,17H2,2-6H3/t20-/m0/s1. The van der Waals surface area contributed by atoms with Gasteiger partial charge in [-0.1, -0.05) is 38.6 Å². The molecule has 1 amide bonds. The van der Waals surface area contributed by atoms with Gasteiger partial charge in [0.15, 0.2) is 21.3 Å². The van der Waals surface area contributed by atoms with E-state index in [9.17, 15) is 22.8 Å². The van der Waals surface area contributed by atoms with Crippen LogP contribution < -0.4 is 15.3 Å². The van der Waals surface area contributed by atoms with E-state index in [1.54, 1.807) is 43.6 Å². The number of carbonyl (C=O) groups is 2. The normalized spacial score (nSPS) is 15.3. The number of ether oxygens (including phenoxy) is 1. The van der Waals surface area contributed by atoms with E-state index in [2.05, 4.69) is 16.5 Å². The molecule has 0 N–H and O–H groups in total. The number of halogens is 2. The monoisotopic (exact) mass is 665 g/mol. The molecule has 4 aromatic rings. The Hall–Kier alpha value is -4.98. The molecule has 0 bridgehead atoms. The first kappa shape index (κ1) is 33.4. The Bertz CT molecular complexity index is 2120. The number of benzene rings is 2. The fourth-order valence-electron chi connectivity index (χ4n) is 5.57. The lowest BCUT2D eigenvalue weighted by molar-refractivity contribution is -0.137. The number of rotatable bonds is 7. The molecule has 1 aliphatic heterocycles. The van der Waals surface area contributed by atoms with Crippen molar-refractivity contribution in [3.05, 3.63) is 82.8 Å². The van der Waals surface area contributed by atoms with E-state index in [0.29, 0.717) is 5.56 Å². The summed E-state index contributed by atoms with van der Waals surface area (Å²) >= 11 is 0. The highest BCUT2D eigenvalue weighted by Gasteiger charge is 2.31. The minimum Gasteiger partial charge on any atom is -0.425 e. The van der Waals surface area contributed by atoms with Crippen LogP contribution in [0.3, 0.4) is 0 Å². The smallest absolute Gasteiger partial charge is 0.355 e. The number of aromatic nitrogens is 3. The van der Waals surface area contributed by atoms with Crippen LogP contribution in [0, 0.1) is 24.5 Å². The molecule has 2 aromatic heterocycles. The van der Waals surface area contributed by atoms with Gasteiger partial charge in [0.2, 0.25) is 5.91 Å². The molecule has 246 valence electrons. The zero-order chi connectivity index (χ0) is 34.4. The Balaban J connectivity index is 1.86. The number of hydrogen-bond acceptors (Lipinski definition) is 9. The molecule has 1 saturated heterocycles.